The number of carbonyl (C=O) groups is 3. The number of aromatic nitrogens is 1. The standard InChI is InChI=1S/C34H40N4O7/c35-29-26(30(41)38(27(31(42)43)16-28(39)40)32-7-10-33(44,11-8-32)12-9-32)15-22(18-36-29)21-1-3-23(4-2-21)34-17-24(34)19-37(20-34)25-5-13-45-14-6-25/h1-4,15-16,18,24-25,44H,5-14,17,19-20H2,(H2,35,36)(H,39,40)(H,42,43)/b27-16-/t24-,32?,33?,34+/m1/s1. The van der Waals surface area contributed by atoms with E-state index in [1.165, 1.54) is 12.0 Å². The largest absolute Gasteiger partial charge is 0.478 e. The van der Waals surface area contributed by atoms with Gasteiger partial charge in [0.1, 0.15) is 11.5 Å². The average Bonchev–Trinajstić information content (AvgIpc) is 3.61. The van der Waals surface area contributed by atoms with Crippen molar-refractivity contribution in [2.24, 2.45) is 5.92 Å². The van der Waals surface area contributed by atoms with Gasteiger partial charge in [0.15, 0.2) is 0 Å². The molecule has 238 valence electrons. The Hall–Kier alpha value is -3.80. The summed E-state index contributed by atoms with van der Waals surface area (Å²) in [6.45, 7) is 3.87. The molecule has 2 bridgehead atoms. The summed E-state index contributed by atoms with van der Waals surface area (Å²) in [7, 11) is 0. The van der Waals surface area contributed by atoms with Gasteiger partial charge in [-0.25, -0.2) is 14.6 Å². The zero-order valence-corrected chi connectivity index (χ0v) is 25.3. The number of carbonyl (C=O) groups excluding carboxylic acids is 1. The van der Waals surface area contributed by atoms with E-state index < -0.39 is 34.7 Å². The number of aliphatic hydroxyl groups is 1. The highest BCUT2D eigenvalue weighted by molar-refractivity contribution is 6.06. The van der Waals surface area contributed by atoms with Crippen molar-refractivity contribution in [1.29, 1.82) is 0 Å². The van der Waals surface area contributed by atoms with Crippen molar-refractivity contribution in [3.8, 4) is 11.1 Å². The molecule has 6 aliphatic rings. The molecule has 6 fully saturated rings. The molecule has 0 radical (unpaired) electrons. The van der Waals surface area contributed by atoms with E-state index >= 15 is 0 Å². The molecule has 45 heavy (non-hydrogen) atoms. The van der Waals surface area contributed by atoms with E-state index in [1.54, 1.807) is 12.3 Å². The predicted octanol–water partition coefficient (Wildman–Crippen LogP) is 3.42. The number of anilines is 1. The van der Waals surface area contributed by atoms with Crippen molar-refractivity contribution < 1.29 is 34.4 Å². The summed E-state index contributed by atoms with van der Waals surface area (Å²) in [4.78, 5) is 46.5. The summed E-state index contributed by atoms with van der Waals surface area (Å²) in [5.41, 5.74) is 6.83. The zero-order valence-electron chi connectivity index (χ0n) is 25.3. The van der Waals surface area contributed by atoms with Gasteiger partial charge < -0.3 is 25.8 Å². The number of hydrogen-bond acceptors (Lipinski definition) is 8. The number of amides is 1. The smallest absolute Gasteiger partial charge is 0.352 e. The van der Waals surface area contributed by atoms with Crippen molar-refractivity contribution >= 4 is 23.7 Å². The van der Waals surface area contributed by atoms with Gasteiger partial charge in [-0.1, -0.05) is 24.3 Å². The molecule has 3 heterocycles. The number of pyridine rings is 1. The third kappa shape index (κ3) is 5.20. The third-order valence-electron chi connectivity index (χ3n) is 11.4. The molecule has 0 unspecified atom stereocenters. The SMILES string of the molecule is Nc1ncc(-c2ccc([C@@]34C[C@@H]3CN(C3CCOCC3)C4)cc2)cc1C(=O)N(/C(=C\C(=O)O)C(=O)O)C12CCC(O)(CC1)CC2. The summed E-state index contributed by atoms with van der Waals surface area (Å²) < 4.78 is 5.57. The fraction of sp³-hybridized carbons (Fsp3) is 0.529. The Balaban J connectivity index is 1.17. The van der Waals surface area contributed by atoms with Gasteiger partial charge in [-0.05, 0) is 80.9 Å². The van der Waals surface area contributed by atoms with Crippen molar-refractivity contribution in [3.05, 3.63) is 59.4 Å². The number of aliphatic carboxylic acids is 2. The number of carboxylic acids is 2. The Morgan fingerprint density at radius 1 is 1.00 bits per heavy atom. The molecule has 5 N–H and O–H groups in total. The molecule has 11 nitrogen and oxygen atoms in total. The molecular formula is C34H40N4O7. The summed E-state index contributed by atoms with van der Waals surface area (Å²) in [5.74, 6) is -3.11. The lowest BCUT2D eigenvalue weighted by Gasteiger charge is -2.55. The van der Waals surface area contributed by atoms with Gasteiger partial charge in [0.25, 0.3) is 5.91 Å². The number of carboxylic acid groups (broad SMARTS) is 2. The van der Waals surface area contributed by atoms with Crippen LogP contribution in [-0.2, 0) is 19.7 Å². The summed E-state index contributed by atoms with van der Waals surface area (Å²) in [6.07, 6.45) is 7.77. The van der Waals surface area contributed by atoms with E-state index in [9.17, 15) is 29.7 Å². The van der Waals surface area contributed by atoms with Gasteiger partial charge in [-0.15, -0.1) is 0 Å². The Kier molecular flexibility index (Phi) is 7.25. The third-order valence-corrected chi connectivity index (χ3v) is 11.4. The molecule has 4 aliphatic carbocycles. The van der Waals surface area contributed by atoms with E-state index in [0.29, 0.717) is 62.1 Å². The monoisotopic (exact) mass is 616 g/mol. The number of fused-ring (bicyclic) bond motifs is 4. The fourth-order valence-electron chi connectivity index (χ4n) is 8.62. The van der Waals surface area contributed by atoms with Crippen LogP contribution in [0.25, 0.3) is 11.1 Å². The van der Waals surface area contributed by atoms with Crippen molar-refractivity contribution in [1.82, 2.24) is 14.8 Å². The molecule has 2 aromatic rings. The topological polar surface area (TPSA) is 167 Å². The van der Waals surface area contributed by atoms with Crippen LogP contribution in [0.5, 0.6) is 0 Å². The molecule has 2 saturated heterocycles. The first-order valence-corrected chi connectivity index (χ1v) is 16.0. The molecule has 1 aromatic carbocycles. The summed E-state index contributed by atoms with van der Waals surface area (Å²) >= 11 is 0. The molecule has 2 aliphatic heterocycles. The van der Waals surface area contributed by atoms with Crippen LogP contribution < -0.4 is 5.73 Å². The second-order valence-electron chi connectivity index (χ2n) is 13.8. The first-order chi connectivity index (χ1) is 21.5. The van der Waals surface area contributed by atoms with Gasteiger partial charge in [-0.2, -0.15) is 0 Å². The molecule has 8 rings (SSSR count). The van der Waals surface area contributed by atoms with Gasteiger partial charge in [0.05, 0.1) is 17.2 Å². The predicted molar refractivity (Wildman–Crippen MR) is 164 cm³/mol. The first-order valence-electron chi connectivity index (χ1n) is 16.0. The number of likely N-dealkylation sites (tertiary alicyclic amines) is 1. The minimum absolute atomic E-state index is 0.0126. The number of benzene rings is 1. The van der Waals surface area contributed by atoms with Gasteiger partial charge in [0.2, 0.25) is 0 Å². The second kappa shape index (κ2) is 10.9. The minimum atomic E-state index is -1.52. The van der Waals surface area contributed by atoms with Crippen LogP contribution in [0.1, 0.15) is 73.7 Å². The number of nitrogen functional groups attached to an aromatic ring is 1. The first kappa shape index (κ1) is 29.9. The van der Waals surface area contributed by atoms with Crippen molar-refractivity contribution in [3.63, 3.8) is 0 Å². The molecule has 2 atom stereocenters. The van der Waals surface area contributed by atoms with Gasteiger partial charge in [0, 0.05) is 55.1 Å². The van der Waals surface area contributed by atoms with Gasteiger partial charge in [-0.3, -0.25) is 14.6 Å². The lowest BCUT2D eigenvalue weighted by atomic mass is 9.62. The number of piperidine rings is 1. The zero-order chi connectivity index (χ0) is 31.6. The number of nitrogens with zero attached hydrogens (tertiary/aromatic N) is 3. The van der Waals surface area contributed by atoms with Crippen LogP contribution in [-0.4, -0.2) is 91.4 Å². The number of nitrogens with two attached hydrogens (primary N) is 1. The molecule has 1 aromatic heterocycles. The second-order valence-corrected chi connectivity index (χ2v) is 13.8. The Bertz CT molecular complexity index is 1540. The Morgan fingerprint density at radius 3 is 2.29 bits per heavy atom. The Labute approximate surface area is 261 Å². The van der Waals surface area contributed by atoms with E-state index in [1.807, 2.05) is 12.1 Å². The van der Waals surface area contributed by atoms with Crippen LogP contribution in [0, 0.1) is 5.92 Å². The van der Waals surface area contributed by atoms with Crippen LogP contribution >= 0.6 is 0 Å². The average molecular weight is 617 g/mol. The van der Waals surface area contributed by atoms with Crippen molar-refractivity contribution in [2.45, 2.75) is 80.4 Å². The maximum absolute atomic E-state index is 14.3. The minimum Gasteiger partial charge on any atom is -0.478 e. The fourth-order valence-corrected chi connectivity index (χ4v) is 8.62. The lowest BCUT2D eigenvalue weighted by molar-refractivity contribution is -0.139. The molecule has 11 heteroatoms. The van der Waals surface area contributed by atoms with E-state index in [2.05, 4.69) is 22.0 Å². The molecular weight excluding hydrogens is 576 g/mol. The summed E-state index contributed by atoms with van der Waals surface area (Å²) in [6, 6.07) is 10.6. The molecule has 4 saturated carbocycles. The molecule has 0 spiro atoms. The number of hydrogen-bond donors (Lipinski definition) is 4. The van der Waals surface area contributed by atoms with Crippen LogP contribution in [0.15, 0.2) is 48.3 Å². The lowest BCUT2D eigenvalue weighted by Crippen LogP contribution is -2.60. The van der Waals surface area contributed by atoms with E-state index in [-0.39, 0.29) is 16.8 Å². The maximum atomic E-state index is 14.3. The Morgan fingerprint density at radius 2 is 1.67 bits per heavy atom. The number of ether oxygens (including phenoxy) is 1. The highest BCUT2D eigenvalue weighted by Crippen LogP contribution is 2.59. The normalized spacial score (nSPS) is 31.4. The summed E-state index contributed by atoms with van der Waals surface area (Å²) in [5, 5.41) is 30.4. The van der Waals surface area contributed by atoms with E-state index in [0.717, 1.165) is 49.6 Å². The van der Waals surface area contributed by atoms with Crippen LogP contribution in [0.2, 0.25) is 0 Å². The van der Waals surface area contributed by atoms with E-state index in [4.69, 9.17) is 10.5 Å². The maximum Gasteiger partial charge on any atom is 0.352 e. The highest BCUT2D eigenvalue weighted by atomic mass is 16.5. The molecule has 1 amide bonds. The van der Waals surface area contributed by atoms with Gasteiger partial charge >= 0.3 is 11.9 Å². The van der Waals surface area contributed by atoms with Crippen LogP contribution in [0.3, 0.4) is 0 Å². The highest BCUT2D eigenvalue weighted by Gasteiger charge is 2.61. The van der Waals surface area contributed by atoms with Crippen molar-refractivity contribution in [2.75, 3.05) is 32.0 Å². The quantitative estimate of drug-likeness (QED) is 0.323. The number of rotatable bonds is 8. The van der Waals surface area contributed by atoms with Crippen LogP contribution in [0.4, 0.5) is 5.82 Å².